The molecule has 12 nitrogen and oxygen atoms in total. The van der Waals surface area contributed by atoms with Crippen LogP contribution in [0.5, 0.6) is 11.5 Å². The first-order chi connectivity index (χ1) is 26.9. The van der Waals surface area contributed by atoms with Gasteiger partial charge in [-0.05, 0) is 70.8 Å². The maximum atomic E-state index is 14.1. The second-order valence-electron chi connectivity index (χ2n) is 12.6. The van der Waals surface area contributed by atoms with Crippen LogP contribution in [0, 0.1) is 0 Å². The molecule has 0 radical (unpaired) electrons. The normalized spacial score (nSPS) is 14.7. The Bertz CT molecular complexity index is 2450. The van der Waals surface area contributed by atoms with Gasteiger partial charge in [0.05, 0.1) is 0 Å². The van der Waals surface area contributed by atoms with Gasteiger partial charge in [0.25, 0.3) is 0 Å². The van der Waals surface area contributed by atoms with Gasteiger partial charge in [-0.2, -0.15) is 16.8 Å². The molecule has 0 aliphatic heterocycles. The van der Waals surface area contributed by atoms with Crippen LogP contribution in [0.4, 0.5) is 11.4 Å². The molecule has 0 aromatic heterocycles. The van der Waals surface area contributed by atoms with Crippen molar-refractivity contribution in [1.82, 2.24) is 0 Å². The van der Waals surface area contributed by atoms with E-state index in [-0.39, 0.29) is 33.1 Å². The highest BCUT2D eigenvalue weighted by atomic mass is 32.2. The highest BCUT2D eigenvalue weighted by Gasteiger charge is 2.47. The van der Waals surface area contributed by atoms with Crippen LogP contribution in [0.2, 0.25) is 0 Å². The maximum absolute atomic E-state index is 14.1. The fourth-order valence-corrected chi connectivity index (χ4v) is 9.26. The first kappa shape index (κ1) is 39.6. The van der Waals surface area contributed by atoms with E-state index in [1.54, 1.807) is 24.3 Å². The molecule has 2 amide bonds. The lowest BCUT2D eigenvalue weighted by Crippen LogP contribution is -2.29. The zero-order valence-corrected chi connectivity index (χ0v) is 32.3. The maximum Gasteiger partial charge on any atom is 0.339 e. The second-order valence-corrected chi connectivity index (χ2v) is 15.7. The minimum atomic E-state index is -4.46. The molecule has 0 spiro atoms. The quantitative estimate of drug-likeness (QED) is 0.124. The summed E-state index contributed by atoms with van der Waals surface area (Å²) in [5, 5.41) is 19.9. The zero-order valence-electron chi connectivity index (χ0n) is 30.7. The van der Waals surface area contributed by atoms with Crippen molar-refractivity contribution in [1.29, 1.82) is 0 Å². The summed E-state index contributed by atoms with van der Waals surface area (Å²) in [6.45, 7) is 2.71. The van der Waals surface area contributed by atoms with E-state index in [4.69, 9.17) is 18.6 Å². The van der Waals surface area contributed by atoms with E-state index in [9.17, 15) is 26.4 Å². The van der Waals surface area contributed by atoms with Gasteiger partial charge in [0.15, 0.2) is 11.5 Å². The van der Waals surface area contributed by atoms with Crippen LogP contribution in [-0.2, 0) is 29.8 Å². The molecule has 14 heteroatoms. The third-order valence-electron chi connectivity index (χ3n) is 9.32. The molecule has 3 aliphatic carbocycles. The number of anilines is 2. The van der Waals surface area contributed by atoms with Gasteiger partial charge in [0, 0.05) is 73.2 Å². The molecule has 288 valence electrons. The lowest BCUT2D eigenvalue weighted by molar-refractivity contribution is -0.115. The largest absolute Gasteiger partial charge is 0.400 e. The highest BCUT2D eigenvalue weighted by Crippen LogP contribution is 2.62. The van der Waals surface area contributed by atoms with E-state index in [0.29, 0.717) is 33.3 Å². The number of benzene rings is 6. The first-order valence-electron chi connectivity index (χ1n) is 17.2. The van der Waals surface area contributed by atoms with Crippen LogP contribution >= 0.6 is 0 Å². The third kappa shape index (κ3) is 7.22. The number of aliphatic hydroxyl groups excluding tert-OH is 2. The molecule has 0 fully saturated rings. The van der Waals surface area contributed by atoms with Crippen molar-refractivity contribution in [2.75, 3.05) is 24.9 Å². The number of aliphatic hydroxyl groups is 2. The van der Waals surface area contributed by atoms with Gasteiger partial charge in [-0.3, -0.25) is 9.59 Å². The Labute approximate surface area is 324 Å². The number of fused-ring (bicyclic) bond motifs is 1. The monoisotopic (exact) mass is 794 g/mol. The van der Waals surface area contributed by atoms with Crippen LogP contribution < -0.4 is 19.0 Å². The van der Waals surface area contributed by atoms with Gasteiger partial charge in [-0.1, -0.05) is 72.8 Å². The third-order valence-corrected chi connectivity index (χ3v) is 11.8. The topological polar surface area (TPSA) is 185 Å². The Kier molecular flexibility index (Phi) is 11.3. The fraction of sp³-hybridized carbons (Fsp3) is 0.143. The molecule has 0 heterocycles. The summed E-state index contributed by atoms with van der Waals surface area (Å²) >= 11 is 0. The Morgan fingerprint density at radius 1 is 0.482 bits per heavy atom. The van der Waals surface area contributed by atoms with Gasteiger partial charge < -0.3 is 29.2 Å². The molecule has 2 bridgehead atoms. The van der Waals surface area contributed by atoms with E-state index in [2.05, 4.69) is 10.6 Å². The van der Waals surface area contributed by atoms with E-state index < -0.39 is 32.1 Å². The predicted molar refractivity (Wildman–Crippen MR) is 212 cm³/mol. The van der Waals surface area contributed by atoms with Gasteiger partial charge in [0.1, 0.15) is 9.79 Å². The first-order valence-corrected chi connectivity index (χ1v) is 20.0. The summed E-state index contributed by atoms with van der Waals surface area (Å²) in [5.41, 5.74) is 5.60. The van der Waals surface area contributed by atoms with Crippen LogP contribution in [0.25, 0.3) is 10.8 Å². The van der Waals surface area contributed by atoms with Crippen molar-refractivity contribution in [3.63, 3.8) is 0 Å². The Balaban J connectivity index is 0.00000129. The molecule has 0 saturated carbocycles. The second kappa shape index (κ2) is 16.0. The molecule has 0 unspecified atom stereocenters. The molecular formula is C42H38N2O10S2. The molecule has 3 aliphatic rings. The molecular weight excluding hydrogens is 757 g/mol. The zero-order chi connectivity index (χ0) is 40.4. The average Bonchev–Trinajstić information content (AvgIpc) is 3.20. The number of amides is 2. The van der Waals surface area contributed by atoms with Crippen molar-refractivity contribution in [3.8, 4) is 11.5 Å². The van der Waals surface area contributed by atoms with E-state index in [1.807, 2.05) is 48.5 Å². The standard InChI is InChI=1S/C40H30N2O8S2.2CH4O/c1-23(43)41-25-15-19-27(20-16-25)51(45,46)49-39-33-13-7-8-14-34(33)40(50-52(47,48)28-21-17-26(18-22-28)42-24(2)44)38-36-31-11-5-3-9-29(31)35(37(38)39)30-10-4-6-12-32(30)36;2*1-2/h3-22,35-36H,1-2H3,(H,41,43)(H,42,44);2*2H,1H3. The summed E-state index contributed by atoms with van der Waals surface area (Å²) in [4.78, 5) is 22.9. The molecule has 4 N–H and O–H groups in total. The van der Waals surface area contributed by atoms with Crippen molar-refractivity contribution < 1.29 is 45.0 Å². The van der Waals surface area contributed by atoms with E-state index >= 15 is 0 Å². The van der Waals surface area contributed by atoms with Crippen molar-refractivity contribution in [2.45, 2.75) is 35.5 Å². The lowest BCUT2D eigenvalue weighted by Gasteiger charge is -2.43. The van der Waals surface area contributed by atoms with Crippen LogP contribution in [0.15, 0.2) is 131 Å². The summed E-state index contributed by atoms with van der Waals surface area (Å²) in [5.74, 6) is -1.50. The fourth-order valence-electron chi connectivity index (χ4n) is 7.33. The van der Waals surface area contributed by atoms with E-state index in [0.717, 1.165) is 36.5 Å². The molecule has 6 aromatic rings. The average molecular weight is 795 g/mol. The van der Waals surface area contributed by atoms with Crippen molar-refractivity contribution >= 4 is 54.2 Å². The van der Waals surface area contributed by atoms with Crippen molar-refractivity contribution in [2.24, 2.45) is 0 Å². The summed E-state index contributed by atoms with van der Waals surface area (Å²) in [7, 11) is -6.92. The number of rotatable bonds is 8. The van der Waals surface area contributed by atoms with E-state index in [1.165, 1.54) is 62.4 Å². The van der Waals surface area contributed by atoms with Gasteiger partial charge >= 0.3 is 20.2 Å². The smallest absolute Gasteiger partial charge is 0.339 e. The van der Waals surface area contributed by atoms with Gasteiger partial charge in [0.2, 0.25) is 11.8 Å². The number of carbonyl (C=O) groups excluding carboxylic acids is 2. The molecule has 9 rings (SSSR count). The number of hydrogen-bond acceptors (Lipinski definition) is 10. The lowest BCUT2D eigenvalue weighted by atomic mass is 9.60. The number of hydrogen-bond donors (Lipinski definition) is 4. The predicted octanol–water partition coefficient (Wildman–Crippen LogP) is 6.50. The minimum Gasteiger partial charge on any atom is -0.400 e. The highest BCUT2D eigenvalue weighted by molar-refractivity contribution is 7.87. The summed E-state index contributed by atoms with van der Waals surface area (Å²) in [6.07, 6.45) is 0. The SMILES string of the molecule is CC(=O)Nc1ccc(S(=O)(=O)Oc2c3c(c(OS(=O)(=O)c4ccc(NC(C)=O)cc4)c4ccccc24)C2c4ccccc4C3c3ccccc32)cc1.CO.CO. The molecule has 6 aromatic carbocycles. The van der Waals surface area contributed by atoms with Crippen LogP contribution in [-0.4, -0.2) is 53.1 Å². The van der Waals surface area contributed by atoms with Crippen LogP contribution in [0.1, 0.15) is 59.1 Å². The molecule has 56 heavy (non-hydrogen) atoms. The number of nitrogens with one attached hydrogen (secondary N) is 2. The number of carbonyl (C=O) groups is 2. The van der Waals surface area contributed by atoms with Gasteiger partial charge in [-0.15, -0.1) is 0 Å². The van der Waals surface area contributed by atoms with Crippen molar-refractivity contribution in [3.05, 3.63) is 155 Å². The molecule has 0 atom stereocenters. The Hall–Kier alpha value is -6.06. The van der Waals surface area contributed by atoms with Crippen LogP contribution in [0.3, 0.4) is 0 Å². The molecule has 0 saturated heterocycles. The summed E-state index contributed by atoms with van der Waals surface area (Å²) < 4.78 is 68.7. The Morgan fingerprint density at radius 2 is 0.768 bits per heavy atom. The minimum absolute atomic E-state index is 0.0694. The summed E-state index contributed by atoms with van der Waals surface area (Å²) in [6, 6.07) is 33.8. The van der Waals surface area contributed by atoms with Gasteiger partial charge in [-0.25, -0.2) is 0 Å². The Morgan fingerprint density at radius 3 is 1.05 bits per heavy atom.